The Hall–Kier alpha value is -3.06. The highest BCUT2D eigenvalue weighted by molar-refractivity contribution is 6.31. The Morgan fingerprint density at radius 1 is 1.04 bits per heavy atom. The topological polar surface area (TPSA) is 90.5 Å². The molecule has 1 aliphatic rings. The second kappa shape index (κ2) is 8.09. The second-order valence-corrected chi connectivity index (χ2v) is 6.48. The zero-order valence-corrected chi connectivity index (χ0v) is 15.5. The average molecular weight is 387 g/mol. The molecule has 140 valence electrons. The molecule has 1 saturated heterocycles. The van der Waals surface area contributed by atoms with Crippen molar-refractivity contribution in [2.75, 3.05) is 29.1 Å². The summed E-state index contributed by atoms with van der Waals surface area (Å²) < 4.78 is 0. The fourth-order valence-electron chi connectivity index (χ4n) is 2.85. The van der Waals surface area contributed by atoms with E-state index in [2.05, 4.69) is 16.0 Å². The number of halogens is 1. The number of carbonyl (C=O) groups excluding carboxylic acids is 3. The molecular formula is C19H19ClN4O3. The Kier molecular flexibility index (Phi) is 5.61. The summed E-state index contributed by atoms with van der Waals surface area (Å²) in [5.74, 6) is -0.357. The highest BCUT2D eigenvalue weighted by Crippen LogP contribution is 2.29. The summed E-state index contributed by atoms with van der Waals surface area (Å²) in [4.78, 5) is 37.7. The Labute approximate surface area is 161 Å². The van der Waals surface area contributed by atoms with E-state index in [1.54, 1.807) is 47.4 Å². The van der Waals surface area contributed by atoms with Crippen molar-refractivity contribution in [3.8, 4) is 0 Å². The van der Waals surface area contributed by atoms with Crippen LogP contribution in [0.4, 0.5) is 21.9 Å². The molecule has 7 nitrogen and oxygen atoms in total. The zero-order chi connectivity index (χ0) is 19.4. The number of hydrogen-bond donors (Lipinski definition) is 3. The van der Waals surface area contributed by atoms with Crippen molar-refractivity contribution < 1.29 is 14.4 Å². The summed E-state index contributed by atoms with van der Waals surface area (Å²) in [6, 6.07) is 11.3. The summed E-state index contributed by atoms with van der Waals surface area (Å²) in [7, 11) is 1.53. The monoisotopic (exact) mass is 386 g/mol. The molecule has 2 aromatic carbocycles. The van der Waals surface area contributed by atoms with Gasteiger partial charge in [-0.15, -0.1) is 0 Å². The maximum absolute atomic E-state index is 12.7. The molecule has 0 saturated carbocycles. The van der Waals surface area contributed by atoms with E-state index >= 15 is 0 Å². The van der Waals surface area contributed by atoms with Crippen molar-refractivity contribution in [3.63, 3.8) is 0 Å². The molecule has 0 spiro atoms. The maximum atomic E-state index is 12.7. The molecule has 0 radical (unpaired) electrons. The van der Waals surface area contributed by atoms with Crippen LogP contribution in [-0.4, -0.2) is 31.4 Å². The minimum Gasteiger partial charge on any atom is -0.341 e. The third-order valence-electron chi connectivity index (χ3n) is 4.20. The maximum Gasteiger partial charge on any atom is 0.318 e. The summed E-state index contributed by atoms with van der Waals surface area (Å²) in [6.45, 7) is 0.569. The largest absolute Gasteiger partial charge is 0.341 e. The van der Waals surface area contributed by atoms with Crippen LogP contribution in [0.25, 0.3) is 0 Å². The minimum absolute atomic E-state index is 0.0176. The molecule has 1 aliphatic heterocycles. The van der Waals surface area contributed by atoms with Crippen LogP contribution in [0.3, 0.4) is 0 Å². The molecule has 27 heavy (non-hydrogen) atoms. The molecule has 0 atom stereocenters. The van der Waals surface area contributed by atoms with E-state index < -0.39 is 0 Å². The van der Waals surface area contributed by atoms with Gasteiger partial charge in [0.15, 0.2) is 0 Å². The van der Waals surface area contributed by atoms with Crippen LogP contribution in [0.15, 0.2) is 42.5 Å². The molecule has 8 heteroatoms. The van der Waals surface area contributed by atoms with Crippen molar-refractivity contribution >= 4 is 46.5 Å². The first-order valence-corrected chi connectivity index (χ1v) is 8.86. The van der Waals surface area contributed by atoms with Gasteiger partial charge in [0.1, 0.15) is 0 Å². The molecular weight excluding hydrogens is 368 g/mol. The molecule has 2 aromatic rings. The molecule has 4 amide bonds. The zero-order valence-electron chi connectivity index (χ0n) is 14.7. The Morgan fingerprint density at radius 2 is 1.70 bits per heavy atom. The fourth-order valence-corrected chi connectivity index (χ4v) is 3.02. The van der Waals surface area contributed by atoms with E-state index in [0.717, 1.165) is 6.42 Å². The van der Waals surface area contributed by atoms with Gasteiger partial charge >= 0.3 is 6.03 Å². The first-order valence-electron chi connectivity index (χ1n) is 8.48. The van der Waals surface area contributed by atoms with Gasteiger partial charge in [-0.3, -0.25) is 9.59 Å². The van der Waals surface area contributed by atoms with Crippen LogP contribution < -0.4 is 20.9 Å². The summed E-state index contributed by atoms with van der Waals surface area (Å²) in [6.07, 6.45) is 1.22. The number of hydrogen-bond acceptors (Lipinski definition) is 3. The smallest absolute Gasteiger partial charge is 0.318 e. The van der Waals surface area contributed by atoms with E-state index in [4.69, 9.17) is 11.6 Å². The van der Waals surface area contributed by atoms with Gasteiger partial charge in [0.05, 0.1) is 11.3 Å². The van der Waals surface area contributed by atoms with Crippen molar-refractivity contribution in [2.24, 2.45) is 0 Å². The van der Waals surface area contributed by atoms with Gasteiger partial charge in [-0.05, 0) is 48.9 Å². The molecule has 0 unspecified atom stereocenters. The van der Waals surface area contributed by atoms with Crippen LogP contribution in [0.2, 0.25) is 5.02 Å². The normalized spacial score (nSPS) is 13.4. The number of benzene rings is 2. The van der Waals surface area contributed by atoms with Gasteiger partial charge < -0.3 is 20.9 Å². The van der Waals surface area contributed by atoms with Gasteiger partial charge in [0, 0.05) is 36.4 Å². The third-order valence-corrected chi connectivity index (χ3v) is 4.43. The van der Waals surface area contributed by atoms with Crippen molar-refractivity contribution in [1.82, 2.24) is 5.32 Å². The number of nitrogens with zero attached hydrogens (tertiary/aromatic N) is 1. The van der Waals surface area contributed by atoms with E-state index in [9.17, 15) is 14.4 Å². The molecule has 1 fully saturated rings. The van der Waals surface area contributed by atoms with Gasteiger partial charge in [0.25, 0.3) is 5.91 Å². The average Bonchev–Trinajstić information content (AvgIpc) is 3.08. The predicted octanol–water partition coefficient (Wildman–Crippen LogP) is 3.47. The lowest BCUT2D eigenvalue weighted by molar-refractivity contribution is -0.117. The first-order chi connectivity index (χ1) is 13.0. The Morgan fingerprint density at radius 3 is 2.30 bits per heavy atom. The third kappa shape index (κ3) is 4.38. The van der Waals surface area contributed by atoms with Crippen molar-refractivity contribution in [3.05, 3.63) is 53.1 Å². The summed E-state index contributed by atoms with van der Waals surface area (Å²) in [5.41, 5.74) is 2.06. The number of anilines is 3. The number of nitrogens with one attached hydrogen (secondary N) is 3. The molecule has 3 N–H and O–H groups in total. The molecule has 0 aliphatic carbocycles. The van der Waals surface area contributed by atoms with Gasteiger partial charge in [0.2, 0.25) is 5.91 Å². The first kappa shape index (κ1) is 18.7. The quantitative estimate of drug-likeness (QED) is 0.751. The standard InChI is InChI=1S/C19H19ClN4O3/c1-21-19(27)23-14-7-5-13(6-8-14)22-18(26)15-9-4-12(20)11-16(15)24-10-2-3-17(24)25/h4-9,11H,2-3,10H2,1H3,(H,22,26)(H2,21,23,27). The van der Waals surface area contributed by atoms with Crippen LogP contribution >= 0.6 is 11.6 Å². The number of urea groups is 1. The van der Waals surface area contributed by atoms with Gasteiger partial charge in [-0.1, -0.05) is 11.6 Å². The van der Waals surface area contributed by atoms with Crippen LogP contribution in [0.1, 0.15) is 23.2 Å². The SMILES string of the molecule is CNC(=O)Nc1ccc(NC(=O)c2ccc(Cl)cc2N2CCCC2=O)cc1. The fraction of sp³-hybridized carbons (Fsp3) is 0.211. The van der Waals surface area contributed by atoms with E-state index in [0.29, 0.717) is 40.6 Å². The summed E-state index contributed by atoms with van der Waals surface area (Å²) >= 11 is 6.07. The molecule has 3 rings (SSSR count). The van der Waals surface area contributed by atoms with E-state index in [-0.39, 0.29) is 17.8 Å². The van der Waals surface area contributed by atoms with Crippen LogP contribution in [-0.2, 0) is 4.79 Å². The lowest BCUT2D eigenvalue weighted by atomic mass is 10.1. The van der Waals surface area contributed by atoms with Crippen molar-refractivity contribution in [2.45, 2.75) is 12.8 Å². The molecule has 1 heterocycles. The van der Waals surface area contributed by atoms with E-state index in [1.165, 1.54) is 7.05 Å². The Balaban J connectivity index is 1.78. The Bertz CT molecular complexity index is 883. The van der Waals surface area contributed by atoms with Crippen LogP contribution in [0.5, 0.6) is 0 Å². The lowest BCUT2D eigenvalue weighted by Gasteiger charge is -2.20. The molecule has 0 bridgehead atoms. The molecule has 0 aromatic heterocycles. The number of carbonyl (C=O) groups is 3. The lowest BCUT2D eigenvalue weighted by Crippen LogP contribution is -2.27. The highest BCUT2D eigenvalue weighted by Gasteiger charge is 2.26. The van der Waals surface area contributed by atoms with Gasteiger partial charge in [-0.25, -0.2) is 4.79 Å². The van der Waals surface area contributed by atoms with E-state index in [1.807, 2.05) is 0 Å². The number of amides is 4. The predicted molar refractivity (Wildman–Crippen MR) is 106 cm³/mol. The van der Waals surface area contributed by atoms with Gasteiger partial charge in [-0.2, -0.15) is 0 Å². The minimum atomic E-state index is -0.339. The van der Waals surface area contributed by atoms with Crippen LogP contribution in [0, 0.1) is 0 Å². The highest BCUT2D eigenvalue weighted by atomic mass is 35.5. The van der Waals surface area contributed by atoms with Crippen molar-refractivity contribution in [1.29, 1.82) is 0 Å². The summed E-state index contributed by atoms with van der Waals surface area (Å²) in [5, 5.41) is 8.37. The number of rotatable bonds is 4. The second-order valence-electron chi connectivity index (χ2n) is 6.05.